The highest BCUT2D eigenvalue weighted by atomic mass is 16.5. The zero-order chi connectivity index (χ0) is 17.1. The monoisotopic (exact) mass is 325 g/mol. The maximum atomic E-state index is 12.6. The van der Waals surface area contributed by atoms with Crippen LogP contribution in [-0.4, -0.2) is 32.1 Å². The number of hydrogen-bond acceptors (Lipinski definition) is 5. The number of methoxy groups -OCH3 is 1. The molecule has 6 nitrogen and oxygen atoms in total. The van der Waals surface area contributed by atoms with Crippen molar-refractivity contribution < 1.29 is 13.9 Å². The maximum Gasteiger partial charge on any atom is 0.292 e. The van der Waals surface area contributed by atoms with Gasteiger partial charge >= 0.3 is 0 Å². The van der Waals surface area contributed by atoms with E-state index < -0.39 is 0 Å². The SMILES string of the molecule is COCc1c(C(=O)Nc2ccc(N(C)C)cn2)oc2ccccc12. The Morgan fingerprint density at radius 1 is 1.25 bits per heavy atom. The Balaban J connectivity index is 1.89. The molecule has 1 amide bonds. The van der Waals surface area contributed by atoms with Crippen molar-refractivity contribution in [1.82, 2.24) is 4.98 Å². The normalized spacial score (nSPS) is 10.8. The number of furan rings is 1. The average Bonchev–Trinajstić information content (AvgIpc) is 2.95. The van der Waals surface area contributed by atoms with Gasteiger partial charge in [-0.25, -0.2) is 4.98 Å². The van der Waals surface area contributed by atoms with Gasteiger partial charge in [0.05, 0.1) is 18.5 Å². The molecule has 2 heterocycles. The Morgan fingerprint density at radius 2 is 2.04 bits per heavy atom. The van der Waals surface area contributed by atoms with E-state index in [9.17, 15) is 4.79 Å². The fraction of sp³-hybridized carbons (Fsp3) is 0.222. The van der Waals surface area contributed by atoms with Crippen molar-refractivity contribution >= 4 is 28.4 Å². The lowest BCUT2D eigenvalue weighted by molar-refractivity contribution is 0.0991. The van der Waals surface area contributed by atoms with Crippen LogP contribution < -0.4 is 10.2 Å². The third-order valence-electron chi connectivity index (χ3n) is 3.70. The number of nitrogens with one attached hydrogen (secondary N) is 1. The largest absolute Gasteiger partial charge is 0.451 e. The number of fused-ring (bicyclic) bond motifs is 1. The number of rotatable bonds is 5. The van der Waals surface area contributed by atoms with Gasteiger partial charge in [0, 0.05) is 32.2 Å². The first kappa shape index (κ1) is 16.0. The lowest BCUT2D eigenvalue weighted by atomic mass is 10.1. The molecule has 0 saturated heterocycles. The van der Waals surface area contributed by atoms with Gasteiger partial charge < -0.3 is 19.4 Å². The van der Waals surface area contributed by atoms with Crippen LogP contribution in [0.4, 0.5) is 11.5 Å². The first-order chi connectivity index (χ1) is 11.6. The summed E-state index contributed by atoms with van der Waals surface area (Å²) in [6.07, 6.45) is 1.70. The lowest BCUT2D eigenvalue weighted by Crippen LogP contribution is -2.15. The Hall–Kier alpha value is -2.86. The van der Waals surface area contributed by atoms with Crippen molar-refractivity contribution in [3.8, 4) is 0 Å². The Labute approximate surface area is 140 Å². The highest BCUT2D eigenvalue weighted by Gasteiger charge is 2.20. The van der Waals surface area contributed by atoms with Crippen molar-refractivity contribution in [3.05, 3.63) is 53.9 Å². The lowest BCUT2D eigenvalue weighted by Gasteiger charge is -2.12. The molecule has 0 radical (unpaired) electrons. The van der Waals surface area contributed by atoms with Gasteiger partial charge in [0.2, 0.25) is 0 Å². The quantitative estimate of drug-likeness (QED) is 0.779. The van der Waals surface area contributed by atoms with E-state index in [1.165, 1.54) is 0 Å². The van der Waals surface area contributed by atoms with Crippen molar-refractivity contribution in [2.24, 2.45) is 0 Å². The molecule has 0 atom stereocenters. The second kappa shape index (κ2) is 6.72. The van der Waals surface area contributed by atoms with E-state index in [1.807, 2.05) is 49.3 Å². The fourth-order valence-electron chi connectivity index (χ4n) is 2.47. The molecule has 0 aliphatic heterocycles. The van der Waals surface area contributed by atoms with Gasteiger partial charge in [0.1, 0.15) is 11.4 Å². The number of amides is 1. The summed E-state index contributed by atoms with van der Waals surface area (Å²) >= 11 is 0. The molecule has 0 saturated carbocycles. The summed E-state index contributed by atoms with van der Waals surface area (Å²) in [5, 5.41) is 3.64. The van der Waals surface area contributed by atoms with Crippen LogP contribution >= 0.6 is 0 Å². The molecule has 0 aliphatic rings. The number of para-hydroxylation sites is 1. The van der Waals surface area contributed by atoms with Crippen molar-refractivity contribution in [2.75, 3.05) is 31.4 Å². The molecular formula is C18H19N3O3. The number of aromatic nitrogens is 1. The van der Waals surface area contributed by atoms with E-state index >= 15 is 0 Å². The smallest absolute Gasteiger partial charge is 0.292 e. The average molecular weight is 325 g/mol. The molecule has 3 aromatic rings. The second-order valence-corrected chi connectivity index (χ2v) is 5.59. The van der Waals surface area contributed by atoms with Crippen LogP contribution in [0.3, 0.4) is 0 Å². The third kappa shape index (κ3) is 3.09. The van der Waals surface area contributed by atoms with Crippen LogP contribution in [-0.2, 0) is 11.3 Å². The first-order valence-electron chi connectivity index (χ1n) is 7.54. The summed E-state index contributed by atoms with van der Waals surface area (Å²) in [6.45, 7) is 0.298. The van der Waals surface area contributed by atoms with E-state index in [0.717, 1.165) is 16.6 Å². The highest BCUT2D eigenvalue weighted by Crippen LogP contribution is 2.27. The van der Waals surface area contributed by atoms with Gasteiger partial charge in [-0.1, -0.05) is 18.2 Å². The second-order valence-electron chi connectivity index (χ2n) is 5.59. The minimum atomic E-state index is -0.344. The topological polar surface area (TPSA) is 67.6 Å². The number of pyridine rings is 1. The Bertz CT molecular complexity index is 854. The predicted molar refractivity (Wildman–Crippen MR) is 93.4 cm³/mol. The number of carbonyl (C=O) groups is 1. The van der Waals surface area contributed by atoms with Gasteiger partial charge in [0.15, 0.2) is 5.76 Å². The molecule has 3 rings (SSSR count). The number of benzene rings is 1. The zero-order valence-electron chi connectivity index (χ0n) is 13.9. The van der Waals surface area contributed by atoms with Crippen molar-refractivity contribution in [3.63, 3.8) is 0 Å². The standard InChI is InChI=1S/C18H19N3O3/c1-21(2)12-8-9-16(19-10-12)20-18(22)17-14(11-23-3)13-6-4-5-7-15(13)24-17/h4-10H,11H2,1-3H3,(H,19,20,22). The van der Waals surface area contributed by atoms with Gasteiger partial charge in [-0.15, -0.1) is 0 Å². The van der Waals surface area contributed by atoms with E-state index in [4.69, 9.17) is 9.15 Å². The summed E-state index contributed by atoms with van der Waals surface area (Å²) in [6, 6.07) is 11.2. The zero-order valence-corrected chi connectivity index (χ0v) is 13.9. The molecule has 1 N–H and O–H groups in total. The van der Waals surface area contributed by atoms with E-state index in [-0.39, 0.29) is 11.7 Å². The third-order valence-corrected chi connectivity index (χ3v) is 3.70. The molecule has 1 aromatic carbocycles. The van der Waals surface area contributed by atoms with Gasteiger partial charge in [-0.2, -0.15) is 0 Å². The number of anilines is 2. The minimum Gasteiger partial charge on any atom is -0.451 e. The van der Waals surface area contributed by atoms with Crippen LogP contribution in [0.25, 0.3) is 11.0 Å². The van der Waals surface area contributed by atoms with Crippen molar-refractivity contribution in [2.45, 2.75) is 6.61 Å². The molecule has 0 aliphatic carbocycles. The van der Waals surface area contributed by atoms with Gasteiger partial charge in [0.25, 0.3) is 5.91 Å². The van der Waals surface area contributed by atoms with Gasteiger partial charge in [-0.3, -0.25) is 4.79 Å². The summed E-state index contributed by atoms with van der Waals surface area (Å²) in [5.74, 6) is 0.370. The molecule has 24 heavy (non-hydrogen) atoms. The Morgan fingerprint density at radius 3 is 2.71 bits per heavy atom. The maximum absolute atomic E-state index is 12.6. The summed E-state index contributed by atoms with van der Waals surface area (Å²) < 4.78 is 10.9. The number of hydrogen-bond donors (Lipinski definition) is 1. The summed E-state index contributed by atoms with van der Waals surface area (Å²) in [4.78, 5) is 18.8. The fourth-order valence-corrected chi connectivity index (χ4v) is 2.47. The van der Waals surface area contributed by atoms with Gasteiger partial charge in [-0.05, 0) is 18.2 Å². The molecule has 0 unspecified atom stereocenters. The number of carbonyl (C=O) groups excluding carboxylic acids is 1. The molecule has 0 bridgehead atoms. The summed E-state index contributed by atoms with van der Waals surface area (Å²) in [7, 11) is 5.45. The van der Waals surface area contributed by atoms with Crippen LogP contribution in [0.1, 0.15) is 16.1 Å². The van der Waals surface area contributed by atoms with Crippen LogP contribution in [0.2, 0.25) is 0 Å². The number of ether oxygens (including phenoxy) is 1. The summed E-state index contributed by atoms with van der Waals surface area (Å²) in [5.41, 5.74) is 2.35. The van der Waals surface area contributed by atoms with Crippen LogP contribution in [0, 0.1) is 0 Å². The Kier molecular flexibility index (Phi) is 4.48. The molecule has 124 valence electrons. The minimum absolute atomic E-state index is 0.247. The van der Waals surface area contributed by atoms with Crippen LogP contribution in [0.15, 0.2) is 47.0 Å². The van der Waals surface area contributed by atoms with E-state index in [0.29, 0.717) is 18.0 Å². The van der Waals surface area contributed by atoms with E-state index in [1.54, 1.807) is 19.4 Å². The predicted octanol–water partition coefficient (Wildman–Crippen LogP) is 3.29. The van der Waals surface area contributed by atoms with Crippen molar-refractivity contribution in [1.29, 1.82) is 0 Å². The molecule has 0 fully saturated rings. The van der Waals surface area contributed by atoms with E-state index in [2.05, 4.69) is 10.3 Å². The van der Waals surface area contributed by atoms with Crippen LogP contribution in [0.5, 0.6) is 0 Å². The molecular weight excluding hydrogens is 306 g/mol. The molecule has 0 spiro atoms. The highest BCUT2D eigenvalue weighted by molar-refractivity contribution is 6.06. The number of nitrogens with zero attached hydrogens (tertiary/aromatic N) is 2. The first-order valence-corrected chi connectivity index (χ1v) is 7.54. The molecule has 2 aromatic heterocycles. The molecule has 6 heteroatoms.